The van der Waals surface area contributed by atoms with E-state index < -0.39 is 0 Å². The third kappa shape index (κ3) is 1.87. The summed E-state index contributed by atoms with van der Waals surface area (Å²) in [5.41, 5.74) is 8.48. The van der Waals surface area contributed by atoms with Crippen molar-refractivity contribution in [3.8, 4) is 0 Å². The van der Waals surface area contributed by atoms with Crippen molar-refractivity contribution in [3.05, 3.63) is 22.9 Å². The van der Waals surface area contributed by atoms with Gasteiger partial charge in [0.2, 0.25) is 0 Å². The molecule has 0 unspecified atom stereocenters. The van der Waals surface area contributed by atoms with Crippen LogP contribution in [-0.2, 0) is 0 Å². The Balaban J connectivity index is 2.52. The molecule has 0 aromatic carbocycles. The second kappa shape index (κ2) is 4.12. The Hall–Kier alpha value is -1.58. The van der Waals surface area contributed by atoms with E-state index in [9.17, 15) is 0 Å². The van der Waals surface area contributed by atoms with E-state index >= 15 is 0 Å². The number of hydrogen-bond acceptors (Lipinski definition) is 3. The predicted molar refractivity (Wildman–Crippen MR) is 66.2 cm³/mol. The molecule has 86 valence electrons. The Kier molecular flexibility index (Phi) is 2.81. The van der Waals surface area contributed by atoms with Gasteiger partial charge in [0.1, 0.15) is 11.7 Å². The van der Waals surface area contributed by atoms with E-state index in [4.69, 9.17) is 11.1 Å². The fourth-order valence-corrected chi connectivity index (χ4v) is 2.31. The highest BCUT2D eigenvalue weighted by molar-refractivity contribution is 6.01. The fraction of sp³-hybridized carbons (Fsp3) is 0.500. The largest absolute Gasteiger partial charge is 0.384 e. The minimum absolute atomic E-state index is 0.117. The topological polar surface area (TPSA) is 66.0 Å². The lowest BCUT2D eigenvalue weighted by Gasteiger charge is -2.21. The van der Waals surface area contributed by atoms with Gasteiger partial charge in [-0.2, -0.15) is 0 Å². The second-order valence-electron chi connectivity index (χ2n) is 4.39. The molecule has 1 aromatic heterocycles. The standard InChI is InChI=1S/C12H18N4/c1-8-7-9(2)15-12(10(8)11(13)14)16-5-3-4-6-16/h7H,3-6H2,1-2H3,(H3,13,14). The lowest BCUT2D eigenvalue weighted by molar-refractivity contribution is 0.922. The monoisotopic (exact) mass is 218 g/mol. The normalized spacial score (nSPS) is 15.5. The molecule has 0 aliphatic carbocycles. The highest BCUT2D eigenvalue weighted by Crippen LogP contribution is 2.25. The first-order valence-corrected chi connectivity index (χ1v) is 5.67. The molecule has 16 heavy (non-hydrogen) atoms. The minimum Gasteiger partial charge on any atom is -0.384 e. The van der Waals surface area contributed by atoms with Crippen molar-refractivity contribution in [2.24, 2.45) is 5.73 Å². The van der Waals surface area contributed by atoms with Gasteiger partial charge in [-0.05, 0) is 38.3 Å². The van der Waals surface area contributed by atoms with Crippen molar-refractivity contribution >= 4 is 11.7 Å². The van der Waals surface area contributed by atoms with Crippen LogP contribution >= 0.6 is 0 Å². The lowest BCUT2D eigenvalue weighted by Crippen LogP contribution is -2.25. The van der Waals surface area contributed by atoms with Crippen LogP contribution in [0.2, 0.25) is 0 Å². The average Bonchev–Trinajstić information content (AvgIpc) is 2.67. The first-order chi connectivity index (χ1) is 7.59. The van der Waals surface area contributed by atoms with Crippen molar-refractivity contribution in [3.63, 3.8) is 0 Å². The molecule has 0 atom stereocenters. The van der Waals surface area contributed by atoms with Crippen molar-refractivity contribution in [1.29, 1.82) is 5.41 Å². The molecular formula is C12H18N4. The number of aromatic nitrogens is 1. The molecular weight excluding hydrogens is 200 g/mol. The summed E-state index contributed by atoms with van der Waals surface area (Å²) < 4.78 is 0. The number of nitrogens with one attached hydrogen (secondary N) is 1. The van der Waals surface area contributed by atoms with Crippen molar-refractivity contribution in [1.82, 2.24) is 4.98 Å². The van der Waals surface area contributed by atoms with Crippen molar-refractivity contribution < 1.29 is 0 Å². The first kappa shape index (κ1) is 10.9. The van der Waals surface area contributed by atoms with Crippen LogP contribution in [0.3, 0.4) is 0 Å². The summed E-state index contributed by atoms with van der Waals surface area (Å²) in [7, 11) is 0. The summed E-state index contributed by atoms with van der Waals surface area (Å²) in [6.45, 7) is 6.02. The molecule has 0 bridgehead atoms. The molecule has 1 fully saturated rings. The van der Waals surface area contributed by atoms with Crippen molar-refractivity contribution in [2.45, 2.75) is 26.7 Å². The molecule has 1 aliphatic rings. The number of nitrogens with two attached hydrogens (primary N) is 1. The number of anilines is 1. The number of pyridine rings is 1. The number of aryl methyl sites for hydroxylation is 2. The van der Waals surface area contributed by atoms with Crippen LogP contribution in [-0.4, -0.2) is 23.9 Å². The van der Waals surface area contributed by atoms with E-state index in [0.717, 1.165) is 35.7 Å². The molecule has 0 amide bonds. The first-order valence-electron chi connectivity index (χ1n) is 5.67. The van der Waals surface area contributed by atoms with Gasteiger partial charge >= 0.3 is 0 Å². The third-order valence-corrected chi connectivity index (χ3v) is 3.00. The van der Waals surface area contributed by atoms with E-state index in [0.29, 0.717) is 0 Å². The van der Waals surface area contributed by atoms with Gasteiger partial charge in [-0.3, -0.25) is 5.41 Å². The third-order valence-electron chi connectivity index (χ3n) is 3.00. The molecule has 0 radical (unpaired) electrons. The molecule has 1 aliphatic heterocycles. The van der Waals surface area contributed by atoms with E-state index in [-0.39, 0.29) is 5.84 Å². The quantitative estimate of drug-likeness (QED) is 0.585. The molecule has 3 N–H and O–H groups in total. The van der Waals surface area contributed by atoms with Gasteiger partial charge in [-0.25, -0.2) is 4.98 Å². The van der Waals surface area contributed by atoms with Gasteiger partial charge < -0.3 is 10.6 Å². The summed E-state index contributed by atoms with van der Waals surface area (Å²) in [5, 5.41) is 7.66. The van der Waals surface area contributed by atoms with Crippen LogP contribution in [0.15, 0.2) is 6.07 Å². The molecule has 0 saturated carbocycles. The summed E-state index contributed by atoms with van der Waals surface area (Å²) in [6, 6.07) is 1.98. The van der Waals surface area contributed by atoms with E-state index in [2.05, 4.69) is 9.88 Å². The molecule has 1 aromatic rings. The number of hydrogen-bond donors (Lipinski definition) is 2. The number of rotatable bonds is 2. The Morgan fingerprint density at radius 1 is 1.38 bits per heavy atom. The van der Waals surface area contributed by atoms with Crippen LogP contribution in [0.25, 0.3) is 0 Å². The van der Waals surface area contributed by atoms with Gasteiger partial charge in [-0.15, -0.1) is 0 Å². The number of nitrogen functional groups attached to an aromatic ring is 1. The molecule has 0 spiro atoms. The predicted octanol–water partition coefficient (Wildman–Crippen LogP) is 1.58. The minimum atomic E-state index is 0.117. The Labute approximate surface area is 96.0 Å². The second-order valence-corrected chi connectivity index (χ2v) is 4.39. The Morgan fingerprint density at radius 3 is 2.56 bits per heavy atom. The van der Waals surface area contributed by atoms with Gasteiger partial charge in [0.05, 0.1) is 5.56 Å². The highest BCUT2D eigenvalue weighted by atomic mass is 15.2. The lowest BCUT2D eigenvalue weighted by atomic mass is 10.1. The zero-order chi connectivity index (χ0) is 11.7. The molecule has 2 heterocycles. The zero-order valence-corrected chi connectivity index (χ0v) is 9.88. The van der Waals surface area contributed by atoms with Crippen LogP contribution in [0.4, 0.5) is 5.82 Å². The van der Waals surface area contributed by atoms with Gasteiger partial charge in [0.15, 0.2) is 0 Å². The van der Waals surface area contributed by atoms with Crippen LogP contribution in [0.1, 0.15) is 29.7 Å². The SMILES string of the molecule is Cc1cc(C)c(C(=N)N)c(N2CCCC2)n1. The highest BCUT2D eigenvalue weighted by Gasteiger charge is 2.20. The van der Waals surface area contributed by atoms with Crippen LogP contribution < -0.4 is 10.6 Å². The van der Waals surface area contributed by atoms with Crippen LogP contribution in [0, 0.1) is 19.3 Å². The molecule has 1 saturated heterocycles. The molecule has 4 nitrogen and oxygen atoms in total. The van der Waals surface area contributed by atoms with Gasteiger partial charge in [0, 0.05) is 18.8 Å². The van der Waals surface area contributed by atoms with Gasteiger partial charge in [-0.1, -0.05) is 0 Å². The van der Waals surface area contributed by atoms with E-state index in [1.165, 1.54) is 12.8 Å². The fourth-order valence-electron chi connectivity index (χ4n) is 2.31. The van der Waals surface area contributed by atoms with Gasteiger partial charge in [0.25, 0.3) is 0 Å². The summed E-state index contributed by atoms with van der Waals surface area (Å²) in [4.78, 5) is 6.78. The maximum Gasteiger partial charge on any atom is 0.140 e. The van der Waals surface area contributed by atoms with Crippen molar-refractivity contribution in [2.75, 3.05) is 18.0 Å². The summed E-state index contributed by atoms with van der Waals surface area (Å²) in [5.74, 6) is 1.01. The maximum atomic E-state index is 7.66. The molecule has 4 heteroatoms. The Morgan fingerprint density at radius 2 is 2.00 bits per heavy atom. The van der Waals surface area contributed by atoms with E-state index in [1.807, 2.05) is 19.9 Å². The van der Waals surface area contributed by atoms with E-state index in [1.54, 1.807) is 0 Å². The number of amidine groups is 1. The number of nitrogens with zero attached hydrogens (tertiary/aromatic N) is 2. The average molecular weight is 218 g/mol. The Bertz CT molecular complexity index is 419. The zero-order valence-electron chi connectivity index (χ0n) is 9.88. The summed E-state index contributed by atoms with van der Waals surface area (Å²) in [6.07, 6.45) is 2.40. The summed E-state index contributed by atoms with van der Waals surface area (Å²) >= 11 is 0. The van der Waals surface area contributed by atoms with Crippen LogP contribution in [0.5, 0.6) is 0 Å². The molecule has 2 rings (SSSR count). The smallest absolute Gasteiger partial charge is 0.140 e. The maximum absolute atomic E-state index is 7.66.